The van der Waals surface area contributed by atoms with Gasteiger partial charge in [0.25, 0.3) is 5.91 Å². The molecule has 3 heterocycles. The fourth-order valence-electron chi connectivity index (χ4n) is 4.75. The number of amides is 1. The van der Waals surface area contributed by atoms with Gasteiger partial charge in [-0.15, -0.1) is 0 Å². The number of hydrogen-bond donors (Lipinski definition) is 1. The summed E-state index contributed by atoms with van der Waals surface area (Å²) < 4.78 is 27.9. The van der Waals surface area contributed by atoms with Crippen LogP contribution in [-0.2, 0) is 10.0 Å². The van der Waals surface area contributed by atoms with Crippen LogP contribution in [0.3, 0.4) is 0 Å². The zero-order chi connectivity index (χ0) is 19.2. The zero-order valence-corrected chi connectivity index (χ0v) is 17.0. The van der Waals surface area contributed by atoms with Crippen LogP contribution in [0.25, 0.3) is 0 Å². The lowest BCUT2D eigenvalue weighted by Crippen LogP contribution is -2.42. The molecule has 0 bridgehead atoms. The second-order valence-corrected chi connectivity index (χ2v) is 10.2. The van der Waals surface area contributed by atoms with Crippen LogP contribution < -0.4 is 5.32 Å². The monoisotopic (exact) mass is 391 g/mol. The first-order valence-corrected chi connectivity index (χ1v) is 11.4. The number of aryl methyl sites for hydroxylation is 1. The summed E-state index contributed by atoms with van der Waals surface area (Å²) in [5.74, 6) is 1.01. The molecule has 7 heteroatoms. The molecule has 1 amide bonds. The van der Waals surface area contributed by atoms with E-state index >= 15 is 0 Å². The van der Waals surface area contributed by atoms with E-state index in [2.05, 4.69) is 5.32 Å². The van der Waals surface area contributed by atoms with Crippen molar-refractivity contribution in [3.63, 3.8) is 0 Å². The Morgan fingerprint density at radius 2 is 1.85 bits per heavy atom. The van der Waals surface area contributed by atoms with Crippen LogP contribution in [0.4, 0.5) is 0 Å². The lowest BCUT2D eigenvalue weighted by atomic mass is 10.0. The smallest absolute Gasteiger partial charge is 0.254 e. The fourth-order valence-corrected chi connectivity index (χ4v) is 6.47. The number of sulfonamides is 1. The van der Waals surface area contributed by atoms with E-state index in [4.69, 9.17) is 0 Å². The standard InChI is InChI=1S/C20H29N3O3S/c1-14-6-7-18(27(25,26)23-8-4-3-5-15(23)2)9-19(14)20(24)22-12-16-10-21-11-17(16)13-22/h6-7,9,15-17,21H,3-5,8,10-13H2,1-2H3/t15?,16-,17+. The van der Waals surface area contributed by atoms with Gasteiger partial charge in [0, 0.05) is 44.3 Å². The second-order valence-electron chi connectivity index (χ2n) is 8.33. The van der Waals surface area contributed by atoms with E-state index in [-0.39, 0.29) is 16.8 Å². The molecule has 4 rings (SSSR count). The zero-order valence-electron chi connectivity index (χ0n) is 16.1. The van der Waals surface area contributed by atoms with Crippen LogP contribution in [-0.4, -0.2) is 62.3 Å². The van der Waals surface area contributed by atoms with Gasteiger partial charge >= 0.3 is 0 Å². The van der Waals surface area contributed by atoms with Gasteiger partial charge < -0.3 is 10.2 Å². The molecule has 3 fully saturated rings. The van der Waals surface area contributed by atoms with Crippen molar-refractivity contribution < 1.29 is 13.2 Å². The summed E-state index contributed by atoms with van der Waals surface area (Å²) >= 11 is 0. The molecule has 0 aromatic heterocycles. The maximum absolute atomic E-state index is 13.2. The molecule has 1 unspecified atom stereocenters. The molecule has 1 aromatic rings. The average molecular weight is 392 g/mol. The van der Waals surface area contributed by atoms with Gasteiger partial charge in [-0.05, 0) is 56.2 Å². The lowest BCUT2D eigenvalue weighted by Gasteiger charge is -2.32. The SMILES string of the molecule is Cc1ccc(S(=O)(=O)N2CCCCC2C)cc1C(=O)N1C[C@H]2CNC[C@H]2C1. The molecular formula is C20H29N3O3S. The topological polar surface area (TPSA) is 69.7 Å². The minimum Gasteiger partial charge on any atom is -0.338 e. The normalized spacial score (nSPS) is 29.1. The molecule has 3 aliphatic rings. The third-order valence-corrected chi connectivity index (χ3v) is 8.47. The third-order valence-electron chi connectivity index (χ3n) is 6.46. The van der Waals surface area contributed by atoms with Crippen LogP contribution in [0.1, 0.15) is 42.1 Å². The summed E-state index contributed by atoms with van der Waals surface area (Å²) in [6, 6.07) is 5.02. The number of likely N-dealkylation sites (tertiary alicyclic amines) is 1. The molecule has 1 N–H and O–H groups in total. The van der Waals surface area contributed by atoms with Crippen molar-refractivity contribution in [2.24, 2.45) is 11.8 Å². The highest BCUT2D eigenvalue weighted by molar-refractivity contribution is 7.89. The van der Waals surface area contributed by atoms with Crippen LogP contribution in [0, 0.1) is 18.8 Å². The quantitative estimate of drug-likeness (QED) is 0.854. The van der Waals surface area contributed by atoms with E-state index in [1.807, 2.05) is 18.7 Å². The molecule has 1 aromatic carbocycles. The number of carbonyl (C=O) groups excluding carboxylic acids is 1. The summed E-state index contributed by atoms with van der Waals surface area (Å²) in [5, 5.41) is 3.38. The molecule has 27 heavy (non-hydrogen) atoms. The molecule has 0 saturated carbocycles. The number of piperidine rings is 1. The van der Waals surface area contributed by atoms with Crippen LogP contribution in [0.5, 0.6) is 0 Å². The number of carbonyl (C=O) groups is 1. The number of nitrogens with zero attached hydrogens (tertiary/aromatic N) is 2. The Balaban J connectivity index is 1.60. The molecule has 3 saturated heterocycles. The molecule has 0 radical (unpaired) electrons. The number of benzene rings is 1. The average Bonchev–Trinajstić information content (AvgIpc) is 3.23. The summed E-state index contributed by atoms with van der Waals surface area (Å²) in [6.45, 7) is 7.86. The van der Waals surface area contributed by atoms with Crippen molar-refractivity contribution in [1.29, 1.82) is 0 Å². The Labute approximate surface area is 162 Å². The maximum atomic E-state index is 13.2. The highest BCUT2D eigenvalue weighted by Gasteiger charge is 2.39. The van der Waals surface area contributed by atoms with Gasteiger partial charge in [0.05, 0.1) is 4.90 Å². The van der Waals surface area contributed by atoms with Crippen molar-refractivity contribution in [2.75, 3.05) is 32.7 Å². The number of hydrogen-bond acceptors (Lipinski definition) is 4. The Kier molecular flexibility index (Phi) is 5.03. The van der Waals surface area contributed by atoms with E-state index in [1.165, 1.54) is 0 Å². The van der Waals surface area contributed by atoms with E-state index in [9.17, 15) is 13.2 Å². The van der Waals surface area contributed by atoms with Crippen molar-refractivity contribution in [3.8, 4) is 0 Å². The first-order valence-electron chi connectivity index (χ1n) is 10.0. The maximum Gasteiger partial charge on any atom is 0.254 e. The fraction of sp³-hybridized carbons (Fsp3) is 0.650. The predicted molar refractivity (Wildman–Crippen MR) is 104 cm³/mol. The van der Waals surface area contributed by atoms with Gasteiger partial charge in [-0.2, -0.15) is 4.31 Å². The highest BCUT2D eigenvalue weighted by Crippen LogP contribution is 2.30. The number of nitrogens with one attached hydrogen (secondary N) is 1. The lowest BCUT2D eigenvalue weighted by molar-refractivity contribution is 0.0780. The first-order chi connectivity index (χ1) is 12.9. The third kappa shape index (κ3) is 3.41. The van der Waals surface area contributed by atoms with E-state index < -0.39 is 10.0 Å². The minimum atomic E-state index is -3.57. The van der Waals surface area contributed by atoms with Crippen LogP contribution >= 0.6 is 0 Å². The number of rotatable bonds is 3. The highest BCUT2D eigenvalue weighted by atomic mass is 32.2. The predicted octanol–water partition coefficient (Wildman–Crippen LogP) is 1.85. The first kappa shape index (κ1) is 18.9. The van der Waals surface area contributed by atoms with Gasteiger partial charge in [-0.1, -0.05) is 12.5 Å². The van der Waals surface area contributed by atoms with Crippen molar-refractivity contribution in [3.05, 3.63) is 29.3 Å². The minimum absolute atomic E-state index is 0.00895. The molecular weight excluding hydrogens is 362 g/mol. The van der Waals surface area contributed by atoms with Crippen LogP contribution in [0.15, 0.2) is 23.1 Å². The summed E-state index contributed by atoms with van der Waals surface area (Å²) in [6.07, 6.45) is 2.85. The van der Waals surface area contributed by atoms with Gasteiger partial charge in [0.15, 0.2) is 0 Å². The van der Waals surface area contributed by atoms with E-state index in [1.54, 1.807) is 22.5 Å². The van der Waals surface area contributed by atoms with Crippen molar-refractivity contribution in [1.82, 2.24) is 14.5 Å². The Morgan fingerprint density at radius 3 is 2.52 bits per heavy atom. The molecule has 148 valence electrons. The van der Waals surface area contributed by atoms with Gasteiger partial charge in [0.2, 0.25) is 10.0 Å². The van der Waals surface area contributed by atoms with Crippen LogP contribution in [0.2, 0.25) is 0 Å². The van der Waals surface area contributed by atoms with Gasteiger partial charge in [0.1, 0.15) is 0 Å². The van der Waals surface area contributed by atoms with Gasteiger partial charge in [-0.25, -0.2) is 8.42 Å². The summed E-state index contributed by atoms with van der Waals surface area (Å²) in [5.41, 5.74) is 1.36. The Morgan fingerprint density at radius 1 is 1.15 bits per heavy atom. The molecule has 0 spiro atoms. The summed E-state index contributed by atoms with van der Waals surface area (Å²) in [7, 11) is -3.57. The molecule has 0 aliphatic carbocycles. The number of fused-ring (bicyclic) bond motifs is 1. The van der Waals surface area contributed by atoms with Crippen molar-refractivity contribution in [2.45, 2.75) is 44.0 Å². The van der Waals surface area contributed by atoms with Gasteiger partial charge in [-0.3, -0.25) is 4.79 Å². The molecule has 6 nitrogen and oxygen atoms in total. The largest absolute Gasteiger partial charge is 0.338 e. The summed E-state index contributed by atoms with van der Waals surface area (Å²) in [4.78, 5) is 15.3. The molecule has 3 aliphatic heterocycles. The Bertz CT molecular complexity index is 827. The Hall–Kier alpha value is -1.44. The van der Waals surface area contributed by atoms with E-state index in [0.29, 0.717) is 23.9 Å². The van der Waals surface area contributed by atoms with Crippen molar-refractivity contribution >= 4 is 15.9 Å². The van der Waals surface area contributed by atoms with E-state index in [0.717, 1.165) is 51.0 Å². The second kappa shape index (κ2) is 7.18. The molecule has 3 atom stereocenters.